The van der Waals surface area contributed by atoms with Crippen LogP contribution in [0.3, 0.4) is 0 Å². The van der Waals surface area contributed by atoms with Crippen LogP contribution in [0.1, 0.15) is 39.5 Å². The van der Waals surface area contributed by atoms with Gasteiger partial charge in [-0.05, 0) is 42.5 Å². The first-order chi connectivity index (χ1) is 18.0. The maximum absolute atomic E-state index is 13.5. The van der Waals surface area contributed by atoms with Gasteiger partial charge in [-0.2, -0.15) is 0 Å². The van der Waals surface area contributed by atoms with Gasteiger partial charge in [0.1, 0.15) is 17.5 Å². The number of carbonyl (C=O) groups excluding carboxylic acids is 3. The zero-order valence-electron chi connectivity index (χ0n) is 19.9. The number of hydrogen-bond acceptors (Lipinski definition) is 8. The third-order valence-corrected chi connectivity index (χ3v) is 6.98. The monoisotopic (exact) mass is 507 g/mol. The Bertz CT molecular complexity index is 1300. The lowest BCUT2D eigenvalue weighted by molar-refractivity contribution is -0.128. The molecule has 1 aromatic carbocycles. The zero-order valence-corrected chi connectivity index (χ0v) is 19.9. The maximum Gasteiger partial charge on any atom is 0.292 e. The van der Waals surface area contributed by atoms with Gasteiger partial charge in [0.15, 0.2) is 17.3 Å². The molecular formula is C26H25N3O8. The van der Waals surface area contributed by atoms with Gasteiger partial charge in [-0.1, -0.05) is 0 Å². The second-order valence-corrected chi connectivity index (χ2v) is 9.08. The van der Waals surface area contributed by atoms with Crippen molar-refractivity contribution in [2.24, 2.45) is 0 Å². The van der Waals surface area contributed by atoms with Gasteiger partial charge in [0, 0.05) is 31.5 Å². The molecule has 0 aliphatic carbocycles. The van der Waals surface area contributed by atoms with Crippen LogP contribution >= 0.6 is 0 Å². The van der Waals surface area contributed by atoms with E-state index in [1.165, 1.54) is 17.4 Å². The predicted octanol–water partition coefficient (Wildman–Crippen LogP) is 2.39. The normalized spacial score (nSPS) is 19.8. The van der Waals surface area contributed by atoms with Gasteiger partial charge in [0.2, 0.25) is 12.7 Å². The fourth-order valence-electron chi connectivity index (χ4n) is 5.06. The lowest BCUT2D eigenvalue weighted by atomic mass is 9.96. The predicted molar refractivity (Wildman–Crippen MR) is 126 cm³/mol. The molecule has 6 rings (SSSR count). The molecule has 2 fully saturated rings. The van der Waals surface area contributed by atoms with Gasteiger partial charge < -0.3 is 33.3 Å². The number of hydrogen-bond donors (Lipinski definition) is 1. The van der Waals surface area contributed by atoms with Crippen LogP contribution in [0, 0.1) is 0 Å². The van der Waals surface area contributed by atoms with Crippen molar-refractivity contribution in [3.8, 4) is 11.5 Å². The Morgan fingerprint density at radius 3 is 2.49 bits per heavy atom. The second-order valence-electron chi connectivity index (χ2n) is 9.08. The Kier molecular flexibility index (Phi) is 5.84. The number of amides is 3. The number of furan rings is 2. The molecule has 3 aromatic rings. The standard InChI is InChI=1S/C26H25N3O8/c30-23(27-14-18-3-1-11-33-18)19-15-37-26(29(19)25(32)21-4-2-12-34-21)7-9-28(10-8-26)24(31)17-5-6-20-22(13-17)36-16-35-20/h1-6,11-13,19H,7-10,14-16H2,(H,27,30)/t19-/m1/s1. The summed E-state index contributed by atoms with van der Waals surface area (Å²) in [6, 6.07) is 10.9. The summed E-state index contributed by atoms with van der Waals surface area (Å²) < 4.78 is 27.6. The first-order valence-electron chi connectivity index (χ1n) is 12.0. The summed E-state index contributed by atoms with van der Waals surface area (Å²) in [5.74, 6) is 0.925. The van der Waals surface area contributed by atoms with Crippen molar-refractivity contribution in [2.45, 2.75) is 31.2 Å². The minimum Gasteiger partial charge on any atom is -0.467 e. The van der Waals surface area contributed by atoms with Crippen molar-refractivity contribution in [2.75, 3.05) is 26.5 Å². The van der Waals surface area contributed by atoms with Crippen LogP contribution < -0.4 is 14.8 Å². The van der Waals surface area contributed by atoms with Crippen molar-refractivity contribution >= 4 is 17.7 Å². The average molecular weight is 507 g/mol. The molecule has 2 saturated heterocycles. The number of piperidine rings is 1. The molecule has 3 aliphatic heterocycles. The molecule has 1 spiro atoms. The molecule has 2 aromatic heterocycles. The van der Waals surface area contributed by atoms with Crippen LogP contribution in [0.25, 0.3) is 0 Å². The fraction of sp³-hybridized carbons (Fsp3) is 0.346. The summed E-state index contributed by atoms with van der Waals surface area (Å²) in [6.07, 6.45) is 3.63. The molecule has 1 atom stereocenters. The smallest absolute Gasteiger partial charge is 0.292 e. The highest BCUT2D eigenvalue weighted by Gasteiger charge is 2.54. The number of likely N-dealkylation sites (tertiary alicyclic amines) is 1. The van der Waals surface area contributed by atoms with Crippen molar-refractivity contribution in [1.29, 1.82) is 0 Å². The van der Waals surface area contributed by atoms with Gasteiger partial charge >= 0.3 is 0 Å². The molecule has 5 heterocycles. The molecule has 0 radical (unpaired) electrons. The third-order valence-electron chi connectivity index (χ3n) is 6.98. The molecule has 0 saturated carbocycles. The van der Waals surface area contributed by atoms with E-state index in [-0.39, 0.29) is 37.5 Å². The second kappa shape index (κ2) is 9.32. The highest BCUT2D eigenvalue weighted by Crippen LogP contribution is 2.39. The van der Waals surface area contributed by atoms with E-state index in [4.69, 9.17) is 23.0 Å². The molecule has 1 N–H and O–H groups in total. The van der Waals surface area contributed by atoms with Crippen molar-refractivity contribution < 1.29 is 37.4 Å². The lowest BCUT2D eigenvalue weighted by Gasteiger charge is -2.44. The average Bonchev–Trinajstić information content (AvgIpc) is 3.74. The van der Waals surface area contributed by atoms with Gasteiger partial charge in [0.25, 0.3) is 11.8 Å². The van der Waals surface area contributed by atoms with E-state index in [2.05, 4.69) is 5.32 Å². The molecule has 37 heavy (non-hydrogen) atoms. The number of carbonyl (C=O) groups is 3. The van der Waals surface area contributed by atoms with Crippen molar-refractivity contribution in [3.63, 3.8) is 0 Å². The number of benzene rings is 1. The van der Waals surface area contributed by atoms with Crippen LogP contribution in [0.4, 0.5) is 0 Å². The number of fused-ring (bicyclic) bond motifs is 1. The Morgan fingerprint density at radius 2 is 1.73 bits per heavy atom. The SMILES string of the molecule is O=C(NCc1ccco1)[C@H]1COC2(CCN(C(=O)c3ccc4c(c3)OCO4)CC2)N1C(=O)c1ccco1. The van der Waals surface area contributed by atoms with Crippen LogP contribution in [0.2, 0.25) is 0 Å². The number of nitrogens with zero attached hydrogens (tertiary/aromatic N) is 2. The van der Waals surface area contributed by atoms with E-state index >= 15 is 0 Å². The van der Waals surface area contributed by atoms with Crippen LogP contribution in [0.15, 0.2) is 63.8 Å². The lowest BCUT2D eigenvalue weighted by Crippen LogP contribution is -2.59. The maximum atomic E-state index is 13.5. The molecule has 0 unspecified atom stereocenters. The van der Waals surface area contributed by atoms with E-state index in [0.29, 0.717) is 48.8 Å². The van der Waals surface area contributed by atoms with E-state index in [0.717, 1.165) is 0 Å². The highest BCUT2D eigenvalue weighted by atomic mass is 16.7. The van der Waals surface area contributed by atoms with Gasteiger partial charge in [-0.25, -0.2) is 0 Å². The number of rotatable bonds is 5. The topological polar surface area (TPSA) is 124 Å². The molecule has 11 nitrogen and oxygen atoms in total. The number of ether oxygens (including phenoxy) is 3. The summed E-state index contributed by atoms with van der Waals surface area (Å²) in [5, 5.41) is 2.82. The van der Waals surface area contributed by atoms with Crippen LogP contribution in [-0.4, -0.2) is 65.8 Å². The summed E-state index contributed by atoms with van der Waals surface area (Å²) in [5.41, 5.74) is -0.548. The summed E-state index contributed by atoms with van der Waals surface area (Å²) in [4.78, 5) is 43.1. The van der Waals surface area contributed by atoms with Crippen LogP contribution in [-0.2, 0) is 16.1 Å². The Hall–Kier alpha value is -4.25. The van der Waals surface area contributed by atoms with E-state index in [9.17, 15) is 14.4 Å². The van der Waals surface area contributed by atoms with E-state index < -0.39 is 17.7 Å². The Balaban J connectivity index is 1.19. The summed E-state index contributed by atoms with van der Waals surface area (Å²) in [6.45, 7) is 1.04. The molecule has 3 aliphatic rings. The van der Waals surface area contributed by atoms with Gasteiger partial charge in [0.05, 0.1) is 25.7 Å². The third kappa shape index (κ3) is 4.20. The molecule has 3 amide bonds. The first kappa shape index (κ1) is 23.2. The quantitative estimate of drug-likeness (QED) is 0.559. The van der Waals surface area contributed by atoms with E-state index in [1.807, 2.05) is 0 Å². The Morgan fingerprint density at radius 1 is 0.946 bits per heavy atom. The molecular weight excluding hydrogens is 482 g/mol. The number of nitrogens with one attached hydrogen (secondary N) is 1. The van der Waals surface area contributed by atoms with Crippen molar-refractivity contribution in [1.82, 2.24) is 15.1 Å². The minimum absolute atomic E-state index is 0.0343. The molecule has 192 valence electrons. The van der Waals surface area contributed by atoms with E-state index in [1.54, 1.807) is 47.4 Å². The molecule has 0 bridgehead atoms. The zero-order chi connectivity index (χ0) is 25.4. The van der Waals surface area contributed by atoms with Gasteiger partial charge in [-0.3, -0.25) is 19.3 Å². The largest absolute Gasteiger partial charge is 0.467 e. The van der Waals surface area contributed by atoms with Gasteiger partial charge in [-0.15, -0.1) is 0 Å². The molecule has 11 heteroatoms. The van der Waals surface area contributed by atoms with Crippen LogP contribution in [0.5, 0.6) is 11.5 Å². The minimum atomic E-state index is -1.04. The summed E-state index contributed by atoms with van der Waals surface area (Å²) >= 11 is 0. The van der Waals surface area contributed by atoms with Crippen molar-refractivity contribution in [3.05, 3.63) is 72.1 Å². The highest BCUT2D eigenvalue weighted by molar-refractivity contribution is 5.97. The summed E-state index contributed by atoms with van der Waals surface area (Å²) in [7, 11) is 0. The Labute approximate surface area is 211 Å². The fourth-order valence-corrected chi connectivity index (χ4v) is 5.06. The first-order valence-corrected chi connectivity index (χ1v) is 12.0.